The smallest absolute Gasteiger partial charge is 0.0462 e. The normalized spacial score (nSPS) is 13.1. The van der Waals surface area contributed by atoms with Crippen LogP contribution in [0.1, 0.15) is 50.3 Å². The highest BCUT2D eigenvalue weighted by Gasteiger charge is 2.11. The van der Waals surface area contributed by atoms with Gasteiger partial charge in [0.2, 0.25) is 0 Å². The molecule has 16 heavy (non-hydrogen) atoms. The van der Waals surface area contributed by atoms with Crippen molar-refractivity contribution < 1.29 is 0 Å². The van der Waals surface area contributed by atoms with Crippen LogP contribution in [-0.2, 0) is 0 Å². The topological polar surface area (TPSA) is 38.0 Å². The van der Waals surface area contributed by atoms with Crippen LogP contribution in [0.4, 0.5) is 0 Å². The van der Waals surface area contributed by atoms with Crippen molar-refractivity contribution in [3.05, 3.63) is 35.4 Å². The van der Waals surface area contributed by atoms with Crippen molar-refractivity contribution in [3.63, 3.8) is 0 Å². The van der Waals surface area contributed by atoms with Gasteiger partial charge in [0.15, 0.2) is 0 Å². The number of benzene rings is 1. The third-order valence-electron chi connectivity index (χ3n) is 3.04. The quantitative estimate of drug-likeness (QED) is 0.570. The standard InChI is InChI=1S/C14H24N2/c1-11(2)7-6-10-14(16-15)13-9-5-4-8-12(13)3/h4-5,8-9,11,14,16H,6-7,10,15H2,1-3H3. The lowest BCUT2D eigenvalue weighted by molar-refractivity contribution is 0.454. The predicted molar refractivity (Wildman–Crippen MR) is 69.9 cm³/mol. The Balaban J connectivity index is 2.57. The molecule has 0 radical (unpaired) electrons. The molecule has 0 spiro atoms. The third kappa shape index (κ3) is 3.95. The summed E-state index contributed by atoms with van der Waals surface area (Å²) in [6, 6.07) is 8.74. The molecule has 2 heteroatoms. The minimum atomic E-state index is 0.292. The van der Waals surface area contributed by atoms with Crippen molar-refractivity contribution in [1.82, 2.24) is 5.43 Å². The van der Waals surface area contributed by atoms with E-state index in [1.165, 1.54) is 24.0 Å². The maximum absolute atomic E-state index is 5.64. The highest BCUT2D eigenvalue weighted by molar-refractivity contribution is 5.28. The zero-order valence-corrected chi connectivity index (χ0v) is 10.7. The lowest BCUT2D eigenvalue weighted by Crippen LogP contribution is -2.28. The van der Waals surface area contributed by atoms with Crippen LogP contribution in [0.3, 0.4) is 0 Å². The Morgan fingerprint density at radius 2 is 1.88 bits per heavy atom. The van der Waals surface area contributed by atoms with Gasteiger partial charge in [0.25, 0.3) is 0 Å². The van der Waals surface area contributed by atoms with E-state index >= 15 is 0 Å². The molecule has 0 saturated carbocycles. The van der Waals surface area contributed by atoms with E-state index < -0.39 is 0 Å². The second-order valence-corrected chi connectivity index (χ2v) is 4.90. The number of rotatable bonds is 6. The van der Waals surface area contributed by atoms with Crippen LogP contribution in [0.5, 0.6) is 0 Å². The van der Waals surface area contributed by atoms with E-state index in [2.05, 4.69) is 50.5 Å². The SMILES string of the molecule is Cc1ccccc1C(CCCC(C)C)NN. The van der Waals surface area contributed by atoms with E-state index in [0.717, 1.165) is 12.3 Å². The molecule has 0 fully saturated rings. The Hall–Kier alpha value is -0.860. The summed E-state index contributed by atoms with van der Waals surface area (Å²) < 4.78 is 0. The molecule has 0 amide bonds. The molecule has 2 nitrogen and oxygen atoms in total. The van der Waals surface area contributed by atoms with Crippen LogP contribution in [0.15, 0.2) is 24.3 Å². The first kappa shape index (κ1) is 13.2. The summed E-state index contributed by atoms with van der Waals surface area (Å²) >= 11 is 0. The molecule has 0 aromatic heterocycles. The van der Waals surface area contributed by atoms with E-state index in [0.29, 0.717) is 6.04 Å². The molecule has 0 aliphatic heterocycles. The van der Waals surface area contributed by atoms with Crippen LogP contribution in [0.25, 0.3) is 0 Å². The molecular formula is C14H24N2. The molecule has 0 saturated heterocycles. The Labute approximate surface area is 99.2 Å². The maximum Gasteiger partial charge on any atom is 0.0462 e. The third-order valence-corrected chi connectivity index (χ3v) is 3.04. The first-order valence-corrected chi connectivity index (χ1v) is 6.16. The fourth-order valence-electron chi connectivity index (χ4n) is 2.04. The molecule has 0 bridgehead atoms. The van der Waals surface area contributed by atoms with Crippen molar-refractivity contribution >= 4 is 0 Å². The van der Waals surface area contributed by atoms with Crippen molar-refractivity contribution in [2.24, 2.45) is 11.8 Å². The number of aryl methyl sites for hydroxylation is 1. The second kappa shape index (κ2) is 6.66. The van der Waals surface area contributed by atoms with Crippen molar-refractivity contribution in [3.8, 4) is 0 Å². The molecule has 1 aromatic carbocycles. The fraction of sp³-hybridized carbons (Fsp3) is 0.571. The molecule has 90 valence electrons. The minimum absolute atomic E-state index is 0.292. The number of nitrogens with one attached hydrogen (secondary N) is 1. The number of hydrogen-bond acceptors (Lipinski definition) is 2. The molecular weight excluding hydrogens is 196 g/mol. The Kier molecular flexibility index (Phi) is 5.50. The molecule has 1 unspecified atom stereocenters. The van der Waals surface area contributed by atoms with Gasteiger partial charge >= 0.3 is 0 Å². The van der Waals surface area contributed by atoms with Crippen molar-refractivity contribution in [2.75, 3.05) is 0 Å². The number of hydrazine groups is 1. The van der Waals surface area contributed by atoms with E-state index in [9.17, 15) is 0 Å². The van der Waals surface area contributed by atoms with E-state index in [4.69, 9.17) is 5.84 Å². The maximum atomic E-state index is 5.64. The van der Waals surface area contributed by atoms with Gasteiger partial charge in [0.05, 0.1) is 0 Å². The van der Waals surface area contributed by atoms with Gasteiger partial charge in [-0.25, -0.2) is 0 Å². The first-order chi connectivity index (χ1) is 7.65. The van der Waals surface area contributed by atoms with Gasteiger partial charge in [-0.2, -0.15) is 0 Å². The molecule has 0 aliphatic rings. The van der Waals surface area contributed by atoms with Gasteiger partial charge in [-0.15, -0.1) is 0 Å². The predicted octanol–water partition coefficient (Wildman–Crippen LogP) is 3.33. The average Bonchev–Trinajstić information content (AvgIpc) is 2.25. The summed E-state index contributed by atoms with van der Waals surface area (Å²) in [6.07, 6.45) is 3.60. The highest BCUT2D eigenvalue weighted by Crippen LogP contribution is 2.22. The van der Waals surface area contributed by atoms with Gasteiger partial charge < -0.3 is 0 Å². The lowest BCUT2D eigenvalue weighted by atomic mass is 9.95. The number of nitrogens with two attached hydrogens (primary N) is 1. The monoisotopic (exact) mass is 220 g/mol. The fourth-order valence-corrected chi connectivity index (χ4v) is 2.04. The van der Waals surface area contributed by atoms with E-state index in [1.807, 2.05) is 0 Å². The first-order valence-electron chi connectivity index (χ1n) is 6.16. The Morgan fingerprint density at radius 3 is 2.44 bits per heavy atom. The second-order valence-electron chi connectivity index (χ2n) is 4.90. The van der Waals surface area contributed by atoms with Crippen LogP contribution in [0, 0.1) is 12.8 Å². The Bertz CT molecular complexity index is 307. The molecule has 3 N–H and O–H groups in total. The average molecular weight is 220 g/mol. The zero-order chi connectivity index (χ0) is 12.0. The summed E-state index contributed by atoms with van der Waals surface area (Å²) in [5, 5.41) is 0. The van der Waals surface area contributed by atoms with Crippen molar-refractivity contribution in [2.45, 2.75) is 46.1 Å². The molecule has 1 rings (SSSR count). The lowest BCUT2D eigenvalue weighted by Gasteiger charge is -2.18. The zero-order valence-electron chi connectivity index (χ0n) is 10.7. The van der Waals surface area contributed by atoms with Gasteiger partial charge in [-0.05, 0) is 30.4 Å². The summed E-state index contributed by atoms with van der Waals surface area (Å²) in [5.74, 6) is 6.41. The van der Waals surface area contributed by atoms with E-state index in [1.54, 1.807) is 0 Å². The van der Waals surface area contributed by atoms with Gasteiger partial charge in [-0.3, -0.25) is 11.3 Å². The van der Waals surface area contributed by atoms with Crippen molar-refractivity contribution in [1.29, 1.82) is 0 Å². The van der Waals surface area contributed by atoms with Crippen LogP contribution >= 0.6 is 0 Å². The molecule has 0 heterocycles. The molecule has 1 aromatic rings. The largest absolute Gasteiger partial charge is 0.271 e. The Morgan fingerprint density at radius 1 is 1.19 bits per heavy atom. The highest BCUT2D eigenvalue weighted by atomic mass is 15.2. The van der Waals surface area contributed by atoms with Gasteiger partial charge in [0, 0.05) is 6.04 Å². The summed E-state index contributed by atoms with van der Waals surface area (Å²) in [6.45, 7) is 6.67. The molecule has 0 aliphatic carbocycles. The number of hydrogen-bond donors (Lipinski definition) is 2. The molecule has 1 atom stereocenters. The van der Waals surface area contributed by atoms with Crippen LogP contribution < -0.4 is 11.3 Å². The summed E-state index contributed by atoms with van der Waals surface area (Å²) in [7, 11) is 0. The van der Waals surface area contributed by atoms with Gasteiger partial charge in [0.1, 0.15) is 0 Å². The van der Waals surface area contributed by atoms with E-state index in [-0.39, 0.29) is 0 Å². The van der Waals surface area contributed by atoms with Gasteiger partial charge in [-0.1, -0.05) is 51.0 Å². The van der Waals surface area contributed by atoms with Crippen LogP contribution in [-0.4, -0.2) is 0 Å². The van der Waals surface area contributed by atoms with Crippen LogP contribution in [0.2, 0.25) is 0 Å². The minimum Gasteiger partial charge on any atom is -0.271 e. The summed E-state index contributed by atoms with van der Waals surface area (Å²) in [5.41, 5.74) is 5.58. The summed E-state index contributed by atoms with van der Waals surface area (Å²) in [4.78, 5) is 0.